The molecule has 2 nitrogen and oxygen atoms in total. The lowest BCUT2D eigenvalue weighted by molar-refractivity contribution is 0.420. The Kier molecular flexibility index (Phi) is 2.94. The van der Waals surface area contributed by atoms with Gasteiger partial charge in [0.15, 0.2) is 0 Å². The minimum absolute atomic E-state index is 0.538. The molecule has 2 aliphatic heterocycles. The van der Waals surface area contributed by atoms with Gasteiger partial charge >= 0.3 is 0 Å². The number of fused-ring (bicyclic) bond motifs is 1. The second-order valence-electron chi connectivity index (χ2n) is 6.81. The van der Waals surface area contributed by atoms with Crippen molar-refractivity contribution in [1.82, 2.24) is 0 Å². The van der Waals surface area contributed by atoms with E-state index in [1.165, 1.54) is 49.9 Å². The van der Waals surface area contributed by atoms with E-state index in [1.54, 1.807) is 22.3 Å². The number of hydrogen-bond acceptors (Lipinski definition) is 2. The molecule has 1 fully saturated rings. The van der Waals surface area contributed by atoms with Crippen molar-refractivity contribution in [3.8, 4) is 0 Å². The highest BCUT2D eigenvalue weighted by atomic mass is 14.8. The first-order valence-electron chi connectivity index (χ1n) is 8.29. The molecule has 0 N–H and O–H groups in total. The number of allylic oxidation sites excluding steroid dienone is 2. The van der Waals surface area contributed by atoms with Gasteiger partial charge in [-0.05, 0) is 55.7 Å². The van der Waals surface area contributed by atoms with Crippen molar-refractivity contribution in [2.45, 2.75) is 64.8 Å². The van der Waals surface area contributed by atoms with Gasteiger partial charge in [0.25, 0.3) is 0 Å². The lowest BCUT2D eigenvalue weighted by Crippen LogP contribution is -2.32. The zero-order chi connectivity index (χ0) is 13.7. The second kappa shape index (κ2) is 4.68. The molecule has 106 valence electrons. The van der Waals surface area contributed by atoms with Crippen molar-refractivity contribution in [3.63, 3.8) is 0 Å². The quantitative estimate of drug-likeness (QED) is 0.714. The third-order valence-corrected chi connectivity index (χ3v) is 5.43. The molecule has 2 heterocycles. The van der Waals surface area contributed by atoms with E-state index in [2.05, 4.69) is 13.8 Å². The fraction of sp³-hybridized carbons (Fsp3) is 0.667. The van der Waals surface area contributed by atoms with Gasteiger partial charge < -0.3 is 0 Å². The average Bonchev–Trinajstić information content (AvgIpc) is 2.85. The Hall–Kier alpha value is -1.18. The van der Waals surface area contributed by atoms with Gasteiger partial charge in [0.2, 0.25) is 0 Å². The lowest BCUT2D eigenvalue weighted by Gasteiger charge is -2.38. The molecule has 0 aromatic heterocycles. The first-order chi connectivity index (χ1) is 9.78. The second-order valence-corrected chi connectivity index (χ2v) is 6.81. The highest BCUT2D eigenvalue weighted by Crippen LogP contribution is 2.48. The normalized spacial score (nSPS) is 31.9. The van der Waals surface area contributed by atoms with Crippen molar-refractivity contribution < 1.29 is 0 Å². The van der Waals surface area contributed by atoms with Crippen LogP contribution in [0, 0.1) is 5.92 Å². The highest BCUT2D eigenvalue weighted by molar-refractivity contribution is 6.08. The molecule has 0 saturated heterocycles. The summed E-state index contributed by atoms with van der Waals surface area (Å²) in [5.41, 5.74) is 9.46. The molecule has 0 spiro atoms. The van der Waals surface area contributed by atoms with Gasteiger partial charge in [0.05, 0.1) is 12.6 Å². The molecule has 2 atom stereocenters. The number of nitrogens with zero attached hydrogens (tertiary/aromatic N) is 2. The summed E-state index contributed by atoms with van der Waals surface area (Å²) in [7, 11) is 0. The molecule has 0 radical (unpaired) electrons. The van der Waals surface area contributed by atoms with E-state index in [-0.39, 0.29) is 0 Å². The third kappa shape index (κ3) is 1.77. The summed E-state index contributed by atoms with van der Waals surface area (Å²) < 4.78 is 0. The first-order valence-corrected chi connectivity index (χ1v) is 8.29. The summed E-state index contributed by atoms with van der Waals surface area (Å²) in [6.45, 7) is 5.50. The van der Waals surface area contributed by atoms with Gasteiger partial charge in [-0.15, -0.1) is 0 Å². The summed E-state index contributed by atoms with van der Waals surface area (Å²) in [6.07, 6.45) is 8.66. The van der Waals surface area contributed by atoms with Crippen LogP contribution in [0.15, 0.2) is 32.3 Å². The van der Waals surface area contributed by atoms with Gasteiger partial charge in [-0.25, -0.2) is 0 Å². The van der Waals surface area contributed by atoms with Gasteiger partial charge in [-0.3, -0.25) is 9.98 Å². The van der Waals surface area contributed by atoms with Gasteiger partial charge in [-0.2, -0.15) is 0 Å². The van der Waals surface area contributed by atoms with Gasteiger partial charge in [0.1, 0.15) is 0 Å². The maximum Gasteiger partial charge on any atom is 0.0612 e. The van der Waals surface area contributed by atoms with E-state index in [0.29, 0.717) is 12.0 Å². The minimum atomic E-state index is 0.538. The predicted molar refractivity (Wildman–Crippen MR) is 84.7 cm³/mol. The van der Waals surface area contributed by atoms with Crippen molar-refractivity contribution >= 4 is 11.4 Å². The number of rotatable bonds is 2. The molecule has 2 heteroatoms. The van der Waals surface area contributed by atoms with Crippen LogP contribution in [-0.4, -0.2) is 24.0 Å². The zero-order valence-corrected chi connectivity index (χ0v) is 12.7. The van der Waals surface area contributed by atoms with Crippen LogP contribution in [0.3, 0.4) is 0 Å². The summed E-state index contributed by atoms with van der Waals surface area (Å²) in [5, 5.41) is 0. The predicted octanol–water partition coefficient (Wildman–Crippen LogP) is 4.27. The molecule has 0 amide bonds. The van der Waals surface area contributed by atoms with Crippen molar-refractivity contribution in [1.29, 1.82) is 0 Å². The Morgan fingerprint density at radius 2 is 2.15 bits per heavy atom. The van der Waals surface area contributed by atoms with E-state index < -0.39 is 0 Å². The van der Waals surface area contributed by atoms with Crippen LogP contribution < -0.4 is 0 Å². The Morgan fingerprint density at radius 3 is 3.00 bits per heavy atom. The Morgan fingerprint density at radius 1 is 1.25 bits per heavy atom. The maximum atomic E-state index is 5.00. The maximum absolute atomic E-state index is 5.00. The monoisotopic (exact) mass is 268 g/mol. The molecule has 1 saturated carbocycles. The smallest absolute Gasteiger partial charge is 0.0612 e. The summed E-state index contributed by atoms with van der Waals surface area (Å²) in [4.78, 5) is 9.82. The largest absolute Gasteiger partial charge is 0.290 e. The molecule has 0 aromatic carbocycles. The van der Waals surface area contributed by atoms with Crippen LogP contribution in [0.25, 0.3) is 0 Å². The summed E-state index contributed by atoms with van der Waals surface area (Å²) >= 11 is 0. The van der Waals surface area contributed by atoms with Crippen LogP contribution in [0.2, 0.25) is 0 Å². The SMILES string of the molecule is CCCC1N=C(C)CC2=C3CCCC4=NCC(=C43)CC21. The lowest BCUT2D eigenvalue weighted by atomic mass is 9.68. The van der Waals surface area contributed by atoms with Crippen LogP contribution in [0.5, 0.6) is 0 Å². The fourth-order valence-corrected chi connectivity index (χ4v) is 4.66. The average molecular weight is 268 g/mol. The van der Waals surface area contributed by atoms with Gasteiger partial charge in [-0.1, -0.05) is 18.9 Å². The van der Waals surface area contributed by atoms with Crippen molar-refractivity contribution in [2.24, 2.45) is 15.9 Å². The van der Waals surface area contributed by atoms with E-state index in [0.717, 1.165) is 13.0 Å². The van der Waals surface area contributed by atoms with Crippen LogP contribution in [-0.2, 0) is 0 Å². The Bertz CT molecular complexity index is 574. The highest BCUT2D eigenvalue weighted by Gasteiger charge is 2.39. The van der Waals surface area contributed by atoms with E-state index in [9.17, 15) is 0 Å². The Labute approximate surface area is 121 Å². The van der Waals surface area contributed by atoms with Crippen molar-refractivity contribution in [3.05, 3.63) is 22.3 Å². The molecule has 0 bridgehead atoms. The summed E-state index contributed by atoms with van der Waals surface area (Å²) in [6, 6.07) is 0.538. The van der Waals surface area contributed by atoms with Crippen LogP contribution >= 0.6 is 0 Å². The molecule has 2 aliphatic carbocycles. The topological polar surface area (TPSA) is 24.7 Å². The molecule has 4 aliphatic rings. The summed E-state index contributed by atoms with van der Waals surface area (Å²) in [5.74, 6) is 0.694. The minimum Gasteiger partial charge on any atom is -0.290 e. The fourth-order valence-electron chi connectivity index (χ4n) is 4.66. The van der Waals surface area contributed by atoms with Gasteiger partial charge in [0, 0.05) is 23.8 Å². The first kappa shape index (κ1) is 12.6. The number of hydrogen-bond donors (Lipinski definition) is 0. The zero-order valence-electron chi connectivity index (χ0n) is 12.7. The molecular weight excluding hydrogens is 244 g/mol. The number of aliphatic imine (C=N–C) groups is 2. The third-order valence-electron chi connectivity index (χ3n) is 5.43. The van der Waals surface area contributed by atoms with Crippen molar-refractivity contribution in [2.75, 3.05) is 6.54 Å². The Balaban J connectivity index is 1.79. The van der Waals surface area contributed by atoms with E-state index >= 15 is 0 Å². The molecule has 2 unspecified atom stereocenters. The standard InChI is InChI=1S/C18H24N2/c1-3-5-16-15-9-12-10-19-17-7-4-6-13(18(12)17)14(15)8-11(2)20-16/h15-16H,3-10H2,1-2H3. The van der Waals surface area contributed by atoms with E-state index in [1.807, 2.05) is 0 Å². The van der Waals surface area contributed by atoms with Crippen LogP contribution in [0.4, 0.5) is 0 Å². The molecule has 0 aromatic rings. The van der Waals surface area contributed by atoms with E-state index in [4.69, 9.17) is 9.98 Å². The molecule has 20 heavy (non-hydrogen) atoms. The molecular formula is C18H24N2. The molecule has 4 rings (SSSR count). The van der Waals surface area contributed by atoms with Crippen LogP contribution in [0.1, 0.15) is 58.8 Å².